The number of rotatable bonds is 3. The molecule has 0 spiro atoms. The second kappa shape index (κ2) is 5.61. The number of piperidine rings is 1. The quantitative estimate of drug-likeness (QED) is 0.864. The minimum absolute atomic E-state index is 0.172. The lowest BCUT2D eigenvalue weighted by atomic mass is 9.92. The predicted octanol–water partition coefficient (Wildman–Crippen LogP) is 2.24. The third-order valence-corrected chi connectivity index (χ3v) is 3.95. The molecule has 2 rings (SSSR count). The Hall–Kier alpha value is -1.55. The van der Waals surface area contributed by atoms with Crippen LogP contribution in [0, 0.1) is 5.92 Å². The van der Waals surface area contributed by atoms with Gasteiger partial charge in [0.2, 0.25) is 5.91 Å². The molecule has 1 amide bonds. The van der Waals surface area contributed by atoms with Crippen molar-refractivity contribution in [1.29, 1.82) is 0 Å². The normalized spacial score (nSPS) is 23.2. The van der Waals surface area contributed by atoms with Crippen LogP contribution in [0.3, 0.4) is 0 Å². The number of carbonyl (C=O) groups excluding carboxylic acids is 2. The van der Waals surface area contributed by atoms with Crippen molar-refractivity contribution in [2.45, 2.75) is 25.8 Å². The summed E-state index contributed by atoms with van der Waals surface area (Å²) in [7, 11) is 0. The predicted molar refractivity (Wildman–Crippen MR) is 75.6 cm³/mol. The Balaban J connectivity index is 2.35. The number of carbonyl (C=O) groups is 2. The number of anilines is 1. The second-order valence-corrected chi connectivity index (χ2v) is 5.44. The zero-order chi connectivity index (χ0) is 14.0. The number of primary amides is 1. The van der Waals surface area contributed by atoms with E-state index >= 15 is 0 Å². The molecule has 1 fully saturated rings. The topological polar surface area (TPSA) is 63.4 Å². The van der Waals surface area contributed by atoms with Crippen LogP contribution in [0.1, 0.15) is 30.1 Å². The first-order valence-electron chi connectivity index (χ1n) is 6.33. The van der Waals surface area contributed by atoms with E-state index in [0.29, 0.717) is 17.1 Å². The van der Waals surface area contributed by atoms with Gasteiger partial charge in [-0.25, -0.2) is 0 Å². The van der Waals surface area contributed by atoms with Gasteiger partial charge in [0.25, 0.3) is 0 Å². The van der Waals surface area contributed by atoms with Crippen molar-refractivity contribution >= 4 is 29.5 Å². The Bertz CT molecular complexity index is 504. The molecule has 1 aromatic carbocycles. The minimum Gasteiger partial charge on any atom is -0.369 e. The molecule has 5 heteroatoms. The number of nitrogens with two attached hydrogens (primary N) is 1. The lowest BCUT2D eigenvalue weighted by Crippen LogP contribution is -2.46. The molecule has 19 heavy (non-hydrogen) atoms. The number of amides is 1. The van der Waals surface area contributed by atoms with E-state index in [9.17, 15) is 9.59 Å². The minimum atomic E-state index is -0.286. The van der Waals surface area contributed by atoms with Crippen molar-refractivity contribution in [3.05, 3.63) is 28.8 Å². The van der Waals surface area contributed by atoms with Gasteiger partial charge < -0.3 is 10.6 Å². The summed E-state index contributed by atoms with van der Waals surface area (Å²) in [4.78, 5) is 24.6. The van der Waals surface area contributed by atoms with Crippen LogP contribution in [0.4, 0.5) is 5.69 Å². The third kappa shape index (κ3) is 2.89. The molecule has 1 aliphatic heterocycles. The van der Waals surface area contributed by atoms with E-state index in [4.69, 9.17) is 17.3 Å². The van der Waals surface area contributed by atoms with Crippen LogP contribution in [0.25, 0.3) is 0 Å². The lowest BCUT2D eigenvalue weighted by Gasteiger charge is -2.39. The third-order valence-electron chi connectivity index (χ3n) is 3.71. The zero-order valence-corrected chi connectivity index (χ0v) is 11.6. The summed E-state index contributed by atoms with van der Waals surface area (Å²) in [6, 6.07) is 5.42. The molecule has 2 N–H and O–H groups in total. The van der Waals surface area contributed by atoms with Crippen LogP contribution in [-0.2, 0) is 4.79 Å². The van der Waals surface area contributed by atoms with E-state index in [1.165, 1.54) is 0 Å². The van der Waals surface area contributed by atoms with E-state index in [1.54, 1.807) is 18.2 Å². The molecule has 1 heterocycles. The first-order valence-corrected chi connectivity index (χ1v) is 6.71. The Morgan fingerprint density at radius 1 is 1.47 bits per heavy atom. The average molecular weight is 281 g/mol. The van der Waals surface area contributed by atoms with Crippen LogP contribution in [0.2, 0.25) is 5.02 Å². The van der Waals surface area contributed by atoms with Crippen LogP contribution in [0.15, 0.2) is 18.2 Å². The highest BCUT2D eigenvalue weighted by molar-refractivity contribution is 6.31. The number of benzene rings is 1. The van der Waals surface area contributed by atoms with E-state index in [2.05, 4.69) is 11.8 Å². The van der Waals surface area contributed by atoms with Gasteiger partial charge in [0.1, 0.15) is 0 Å². The molecule has 1 saturated heterocycles. The van der Waals surface area contributed by atoms with Gasteiger partial charge in [-0.1, -0.05) is 11.6 Å². The van der Waals surface area contributed by atoms with Crippen LogP contribution in [-0.4, -0.2) is 24.8 Å². The fraction of sp³-hybridized carbons (Fsp3) is 0.429. The molecule has 2 atom stereocenters. The maximum atomic E-state index is 11.4. The van der Waals surface area contributed by atoms with Gasteiger partial charge in [0.15, 0.2) is 6.29 Å². The van der Waals surface area contributed by atoms with Crippen LogP contribution < -0.4 is 10.6 Å². The molecule has 1 aromatic rings. The van der Waals surface area contributed by atoms with Crippen molar-refractivity contribution in [3.63, 3.8) is 0 Å². The van der Waals surface area contributed by atoms with Crippen molar-refractivity contribution < 1.29 is 9.59 Å². The van der Waals surface area contributed by atoms with E-state index in [-0.39, 0.29) is 17.9 Å². The summed E-state index contributed by atoms with van der Waals surface area (Å²) in [6.07, 6.45) is 2.48. The SMILES string of the molecule is CC1CCC(C(N)=O)CN1c1cc(Cl)ccc1C=O. The van der Waals surface area contributed by atoms with E-state index in [0.717, 1.165) is 24.8 Å². The molecule has 0 radical (unpaired) electrons. The Labute approximate surface area is 117 Å². The summed E-state index contributed by atoms with van der Waals surface area (Å²) < 4.78 is 0. The number of halogens is 1. The monoisotopic (exact) mass is 280 g/mol. The van der Waals surface area contributed by atoms with E-state index in [1.807, 2.05) is 0 Å². The second-order valence-electron chi connectivity index (χ2n) is 5.00. The fourth-order valence-corrected chi connectivity index (χ4v) is 2.71. The molecular weight excluding hydrogens is 264 g/mol. The van der Waals surface area contributed by atoms with Crippen molar-refractivity contribution in [2.75, 3.05) is 11.4 Å². The van der Waals surface area contributed by atoms with Gasteiger partial charge in [0, 0.05) is 28.9 Å². The smallest absolute Gasteiger partial charge is 0.222 e. The molecule has 102 valence electrons. The van der Waals surface area contributed by atoms with Gasteiger partial charge in [0.05, 0.1) is 5.92 Å². The largest absolute Gasteiger partial charge is 0.369 e. The molecular formula is C14H17ClN2O2. The van der Waals surface area contributed by atoms with Crippen LogP contribution >= 0.6 is 11.6 Å². The van der Waals surface area contributed by atoms with Gasteiger partial charge in [-0.05, 0) is 38.0 Å². The van der Waals surface area contributed by atoms with Crippen molar-refractivity contribution in [3.8, 4) is 0 Å². The Morgan fingerprint density at radius 3 is 2.84 bits per heavy atom. The summed E-state index contributed by atoms with van der Waals surface area (Å²) >= 11 is 6.01. The van der Waals surface area contributed by atoms with Gasteiger partial charge in [-0.15, -0.1) is 0 Å². The highest BCUT2D eigenvalue weighted by atomic mass is 35.5. The fourth-order valence-electron chi connectivity index (χ4n) is 2.54. The Kier molecular flexibility index (Phi) is 4.10. The molecule has 1 aliphatic rings. The number of hydrogen-bond acceptors (Lipinski definition) is 3. The molecule has 4 nitrogen and oxygen atoms in total. The van der Waals surface area contributed by atoms with Crippen molar-refractivity contribution in [1.82, 2.24) is 0 Å². The van der Waals surface area contributed by atoms with Gasteiger partial charge in [-0.3, -0.25) is 9.59 Å². The maximum absolute atomic E-state index is 11.4. The molecule has 2 unspecified atom stereocenters. The van der Waals surface area contributed by atoms with Crippen molar-refractivity contribution in [2.24, 2.45) is 11.7 Å². The van der Waals surface area contributed by atoms with Crippen LogP contribution in [0.5, 0.6) is 0 Å². The standard InChI is InChI=1S/C14H17ClN2O2/c1-9-2-3-10(14(16)19)7-17(9)13-6-12(15)5-4-11(13)8-18/h4-6,8-10H,2-3,7H2,1H3,(H2,16,19). The average Bonchev–Trinajstić information content (AvgIpc) is 2.39. The summed E-state index contributed by atoms with van der Waals surface area (Å²) in [5.74, 6) is -0.457. The molecule has 0 bridgehead atoms. The number of hydrogen-bond donors (Lipinski definition) is 1. The lowest BCUT2D eigenvalue weighted by molar-refractivity contribution is -0.122. The molecule has 0 saturated carbocycles. The first kappa shape index (κ1) is 13.9. The Morgan fingerprint density at radius 2 is 2.21 bits per heavy atom. The highest BCUT2D eigenvalue weighted by Gasteiger charge is 2.29. The summed E-state index contributed by atoms with van der Waals surface area (Å²) in [5.41, 5.74) is 6.76. The summed E-state index contributed by atoms with van der Waals surface area (Å²) in [6.45, 7) is 2.62. The maximum Gasteiger partial charge on any atom is 0.222 e. The molecule has 0 aromatic heterocycles. The number of nitrogens with zero attached hydrogens (tertiary/aromatic N) is 1. The number of aldehydes is 1. The van der Waals surface area contributed by atoms with Gasteiger partial charge in [-0.2, -0.15) is 0 Å². The summed E-state index contributed by atoms with van der Waals surface area (Å²) in [5, 5.41) is 0.578. The zero-order valence-electron chi connectivity index (χ0n) is 10.8. The highest BCUT2D eigenvalue weighted by Crippen LogP contribution is 2.31. The molecule has 0 aliphatic carbocycles. The van der Waals surface area contributed by atoms with Gasteiger partial charge >= 0.3 is 0 Å². The first-order chi connectivity index (χ1) is 9.02. The van der Waals surface area contributed by atoms with E-state index < -0.39 is 0 Å².